The van der Waals surface area contributed by atoms with Crippen LogP contribution in [0.25, 0.3) is 11.8 Å². The monoisotopic (exact) mass is 686 g/mol. The van der Waals surface area contributed by atoms with Gasteiger partial charge in [-0.1, -0.05) is 18.2 Å². The Morgan fingerprint density at radius 3 is 1.87 bits per heavy atom. The number of hydrazone groups is 1. The van der Waals surface area contributed by atoms with Crippen LogP contribution in [0, 0.1) is 0 Å². The van der Waals surface area contributed by atoms with Gasteiger partial charge in [-0.05, 0) is 74.5 Å². The van der Waals surface area contributed by atoms with E-state index >= 15 is 0 Å². The number of allylic oxidation sites excluding steroid dienone is 4. The molecular weight excluding hydrogens is 660 g/mol. The zero-order valence-electron chi connectivity index (χ0n) is 24.6. The molecule has 1 amide bonds. The third kappa shape index (κ3) is 7.69. The first-order valence-corrected chi connectivity index (χ1v) is 16.4. The van der Waals surface area contributed by atoms with E-state index < -0.39 is 53.4 Å². The normalized spacial score (nSPS) is 14.7. The maximum Gasteiger partial charge on any atom is 0.359 e. The second-order valence-electron chi connectivity index (χ2n) is 9.31. The number of carbonyl (C=O) groups is 3. The Kier molecular flexibility index (Phi) is 10.2. The molecule has 0 spiro atoms. The molecule has 16 nitrogen and oxygen atoms in total. The summed E-state index contributed by atoms with van der Waals surface area (Å²) < 4.78 is 74.9. The fourth-order valence-corrected chi connectivity index (χ4v) is 5.09. The minimum Gasteiger partial charge on any atom is -0.461 e. The molecule has 1 aliphatic heterocycles. The average molecular weight is 687 g/mol. The van der Waals surface area contributed by atoms with Crippen LogP contribution < -0.4 is 10.6 Å². The SMILES string of the molecule is CCOC(=O)C1=NN(c2ccc(S(=O)(=O)O)cc2)C(=O)\C1=C/C=C/C=C/c1c(C(=O)OCC)[nH]n(-c2ccc(S(=O)(=O)O)cc2)c1=O. The second-order valence-corrected chi connectivity index (χ2v) is 12.2. The summed E-state index contributed by atoms with van der Waals surface area (Å²) in [5.74, 6) is -2.50. The molecule has 0 saturated carbocycles. The van der Waals surface area contributed by atoms with Crippen LogP contribution in [-0.4, -0.2) is 72.5 Å². The lowest BCUT2D eigenvalue weighted by atomic mass is 10.1. The number of aromatic nitrogens is 2. The minimum absolute atomic E-state index is 0.00576. The Bertz CT molecular complexity index is 2120. The van der Waals surface area contributed by atoms with Crippen molar-refractivity contribution >= 4 is 55.6 Å². The van der Waals surface area contributed by atoms with Crippen LogP contribution in [0.4, 0.5) is 5.69 Å². The van der Waals surface area contributed by atoms with Crippen molar-refractivity contribution < 1.29 is 49.8 Å². The Balaban J connectivity index is 1.65. The van der Waals surface area contributed by atoms with Crippen LogP contribution in [-0.2, 0) is 39.3 Å². The number of nitrogens with zero attached hydrogens (tertiary/aromatic N) is 3. The van der Waals surface area contributed by atoms with E-state index in [1.807, 2.05) is 0 Å². The maximum absolute atomic E-state index is 13.2. The zero-order valence-corrected chi connectivity index (χ0v) is 26.2. The van der Waals surface area contributed by atoms with Crippen LogP contribution in [0.15, 0.2) is 98.1 Å². The first kappa shape index (κ1) is 34.4. The quantitative estimate of drug-likeness (QED) is 0.114. The Morgan fingerprint density at radius 2 is 1.34 bits per heavy atom. The summed E-state index contributed by atoms with van der Waals surface area (Å²) in [7, 11) is -8.96. The Morgan fingerprint density at radius 1 is 0.809 bits per heavy atom. The van der Waals surface area contributed by atoms with E-state index in [0.29, 0.717) is 0 Å². The largest absolute Gasteiger partial charge is 0.461 e. The van der Waals surface area contributed by atoms with Crippen LogP contribution in [0.2, 0.25) is 0 Å². The van der Waals surface area contributed by atoms with Crippen molar-refractivity contribution in [2.45, 2.75) is 23.6 Å². The Hall–Kier alpha value is -5.43. The second kappa shape index (κ2) is 13.9. The number of amides is 1. The smallest absolute Gasteiger partial charge is 0.359 e. The van der Waals surface area contributed by atoms with Gasteiger partial charge in [0.25, 0.3) is 31.7 Å². The molecule has 3 N–H and O–H groups in total. The summed E-state index contributed by atoms with van der Waals surface area (Å²) >= 11 is 0. The lowest BCUT2D eigenvalue weighted by Crippen LogP contribution is -2.22. The van der Waals surface area contributed by atoms with E-state index in [0.717, 1.165) is 34.0 Å². The number of esters is 2. The number of rotatable bonds is 11. The van der Waals surface area contributed by atoms with Crippen molar-refractivity contribution in [2.75, 3.05) is 18.2 Å². The highest BCUT2D eigenvalue weighted by Crippen LogP contribution is 2.26. The highest BCUT2D eigenvalue weighted by Gasteiger charge is 2.35. The predicted octanol–water partition coefficient (Wildman–Crippen LogP) is 2.30. The summed E-state index contributed by atoms with van der Waals surface area (Å²) in [4.78, 5) is 50.8. The van der Waals surface area contributed by atoms with Gasteiger partial charge in [0, 0.05) is 0 Å². The molecule has 0 atom stereocenters. The average Bonchev–Trinajstić information content (AvgIpc) is 3.52. The molecule has 2 aromatic carbocycles. The molecule has 0 radical (unpaired) electrons. The number of hydrogen-bond acceptors (Lipinski definition) is 11. The van der Waals surface area contributed by atoms with E-state index in [-0.39, 0.29) is 47.1 Å². The molecule has 3 aromatic rings. The third-order valence-electron chi connectivity index (χ3n) is 6.27. The first-order chi connectivity index (χ1) is 22.2. The molecular formula is C29H26N4O12S2. The topological polar surface area (TPSA) is 232 Å². The number of carbonyl (C=O) groups excluding carboxylic acids is 3. The van der Waals surface area contributed by atoms with Gasteiger partial charge >= 0.3 is 11.9 Å². The van der Waals surface area contributed by atoms with Gasteiger partial charge in [0.1, 0.15) is 0 Å². The molecule has 4 rings (SSSR count). The van der Waals surface area contributed by atoms with Gasteiger partial charge in [-0.25, -0.2) is 14.3 Å². The van der Waals surface area contributed by atoms with E-state index in [1.54, 1.807) is 13.8 Å². The van der Waals surface area contributed by atoms with Gasteiger partial charge in [0.15, 0.2) is 11.4 Å². The molecule has 47 heavy (non-hydrogen) atoms. The zero-order chi connectivity index (χ0) is 34.5. The third-order valence-corrected chi connectivity index (χ3v) is 8.01. The van der Waals surface area contributed by atoms with E-state index in [9.17, 15) is 45.1 Å². The number of nitrogens with one attached hydrogen (secondary N) is 1. The standard InChI is InChI=1S/C29H26N4O12S2/c1-3-44-28(36)24-22(26(34)32(30-24)18-10-14-20(15-11-18)46(38,39)40)8-6-5-7-9-23-25(29(37)45-4-2)31-33(27(23)35)19-12-16-21(17-13-19)47(41,42)43/h5-17,30H,3-4H2,1-2H3,(H,38,39,40)(H,41,42,43)/b7-5+,8-6+,23-9-. The molecule has 0 unspecified atom stereocenters. The molecule has 2 heterocycles. The van der Waals surface area contributed by atoms with E-state index in [1.165, 1.54) is 54.6 Å². The minimum atomic E-state index is -4.49. The van der Waals surface area contributed by atoms with E-state index in [4.69, 9.17) is 9.47 Å². The number of hydrogen-bond donors (Lipinski definition) is 3. The molecule has 18 heteroatoms. The van der Waals surface area contributed by atoms with Crippen LogP contribution >= 0.6 is 0 Å². The first-order valence-electron chi connectivity index (χ1n) is 13.5. The van der Waals surface area contributed by atoms with Crippen molar-refractivity contribution in [3.8, 4) is 5.69 Å². The fraction of sp³-hybridized carbons (Fsp3) is 0.138. The lowest BCUT2D eigenvalue weighted by molar-refractivity contribution is -0.135. The molecule has 0 bridgehead atoms. The summed E-state index contributed by atoms with van der Waals surface area (Å²) in [5.41, 5.74) is -1.29. The van der Waals surface area contributed by atoms with Crippen molar-refractivity contribution in [1.29, 1.82) is 0 Å². The van der Waals surface area contributed by atoms with Gasteiger partial charge < -0.3 is 9.47 Å². The van der Waals surface area contributed by atoms with Crippen molar-refractivity contribution in [3.05, 3.63) is 100 Å². The van der Waals surface area contributed by atoms with Crippen molar-refractivity contribution in [3.63, 3.8) is 0 Å². The number of anilines is 1. The Labute approximate surface area is 267 Å². The van der Waals surface area contributed by atoms with Gasteiger partial charge in [-0.15, -0.1) is 0 Å². The van der Waals surface area contributed by atoms with Crippen molar-refractivity contribution in [2.24, 2.45) is 5.10 Å². The summed E-state index contributed by atoms with van der Waals surface area (Å²) in [6.45, 7) is 3.12. The van der Waals surface area contributed by atoms with Crippen molar-refractivity contribution in [1.82, 2.24) is 9.78 Å². The number of benzene rings is 2. The van der Waals surface area contributed by atoms with Gasteiger partial charge in [-0.3, -0.25) is 23.8 Å². The lowest BCUT2D eigenvalue weighted by Gasteiger charge is -2.11. The maximum atomic E-state index is 13.2. The molecule has 0 aliphatic carbocycles. The summed E-state index contributed by atoms with van der Waals surface area (Å²) in [6.07, 6.45) is 6.64. The van der Waals surface area contributed by atoms with Gasteiger partial charge in [-0.2, -0.15) is 26.9 Å². The predicted molar refractivity (Wildman–Crippen MR) is 166 cm³/mol. The van der Waals surface area contributed by atoms with Crippen LogP contribution in [0.1, 0.15) is 29.9 Å². The molecule has 0 saturated heterocycles. The van der Waals surface area contributed by atoms with E-state index in [2.05, 4.69) is 10.2 Å². The highest BCUT2D eigenvalue weighted by molar-refractivity contribution is 7.86. The molecule has 1 aromatic heterocycles. The van der Waals surface area contributed by atoms with Gasteiger partial charge in [0.2, 0.25) is 0 Å². The number of ether oxygens (including phenoxy) is 2. The summed E-state index contributed by atoms with van der Waals surface area (Å²) in [5, 5.41) is 7.52. The summed E-state index contributed by atoms with van der Waals surface area (Å²) in [6, 6.07) is 9.15. The molecule has 1 aliphatic rings. The van der Waals surface area contributed by atoms with Gasteiger partial charge in [0.05, 0.1) is 45.5 Å². The van der Waals surface area contributed by atoms with Crippen LogP contribution in [0.5, 0.6) is 0 Å². The molecule has 0 fully saturated rings. The number of H-pyrrole nitrogens is 1. The van der Waals surface area contributed by atoms with Crippen LogP contribution in [0.3, 0.4) is 0 Å². The fourth-order valence-electron chi connectivity index (χ4n) is 4.13. The highest BCUT2D eigenvalue weighted by atomic mass is 32.2. The molecule has 246 valence electrons. The number of aromatic amines is 1.